The molecule has 1 aromatic heterocycles. The van der Waals surface area contributed by atoms with Gasteiger partial charge < -0.3 is 4.74 Å². The Balaban J connectivity index is 1.72. The molecular weight excluding hydrogens is 457 g/mol. The number of anilines is 1. The second-order valence-electron chi connectivity index (χ2n) is 5.37. The Morgan fingerprint density at radius 1 is 1.27 bits per heavy atom. The summed E-state index contributed by atoms with van der Waals surface area (Å²) >= 11 is 17.1. The zero-order valence-corrected chi connectivity index (χ0v) is 17.6. The molecule has 0 aliphatic rings. The first-order valence-corrected chi connectivity index (χ1v) is 10.0. The molecular formula is C18H14BrCl2N3OS. The first-order chi connectivity index (χ1) is 12.5. The van der Waals surface area contributed by atoms with E-state index in [4.69, 9.17) is 27.9 Å². The van der Waals surface area contributed by atoms with Crippen molar-refractivity contribution in [3.63, 3.8) is 0 Å². The van der Waals surface area contributed by atoms with E-state index in [9.17, 15) is 0 Å². The zero-order valence-electron chi connectivity index (χ0n) is 13.7. The van der Waals surface area contributed by atoms with Gasteiger partial charge in [-0.15, -0.1) is 11.3 Å². The SMILES string of the molecule is Cc1csc(NN=Cc2cc(Br)ccc2OCc2ccc(Cl)cc2Cl)n1. The maximum Gasteiger partial charge on any atom is 0.203 e. The number of hydrogen-bond acceptors (Lipinski definition) is 5. The second-order valence-corrected chi connectivity index (χ2v) is 7.99. The van der Waals surface area contributed by atoms with Crippen molar-refractivity contribution < 1.29 is 4.74 Å². The minimum atomic E-state index is 0.331. The number of rotatable bonds is 6. The molecule has 0 aliphatic carbocycles. The average molecular weight is 471 g/mol. The molecule has 1 N–H and O–H groups in total. The van der Waals surface area contributed by atoms with E-state index < -0.39 is 0 Å². The Morgan fingerprint density at radius 2 is 2.12 bits per heavy atom. The number of hydrogen-bond donors (Lipinski definition) is 1. The third-order valence-corrected chi connectivity index (χ3v) is 5.30. The zero-order chi connectivity index (χ0) is 18.5. The van der Waals surface area contributed by atoms with Gasteiger partial charge in [-0.25, -0.2) is 4.98 Å². The van der Waals surface area contributed by atoms with Crippen LogP contribution in [0.25, 0.3) is 0 Å². The molecule has 0 atom stereocenters. The lowest BCUT2D eigenvalue weighted by Crippen LogP contribution is -2.00. The molecule has 134 valence electrons. The Bertz CT molecular complexity index is 946. The average Bonchev–Trinajstić information content (AvgIpc) is 3.01. The molecule has 0 saturated heterocycles. The van der Waals surface area contributed by atoms with Gasteiger partial charge in [0.1, 0.15) is 12.4 Å². The predicted octanol–water partition coefficient (Wildman–Crippen LogP) is 6.55. The van der Waals surface area contributed by atoms with Crippen LogP contribution >= 0.6 is 50.5 Å². The first-order valence-electron chi connectivity index (χ1n) is 7.59. The van der Waals surface area contributed by atoms with E-state index in [0.717, 1.165) is 26.4 Å². The summed E-state index contributed by atoms with van der Waals surface area (Å²) in [5.74, 6) is 0.695. The number of aromatic nitrogens is 1. The van der Waals surface area contributed by atoms with Crippen molar-refractivity contribution in [2.45, 2.75) is 13.5 Å². The summed E-state index contributed by atoms with van der Waals surface area (Å²) in [5, 5.41) is 8.11. The van der Waals surface area contributed by atoms with Crippen LogP contribution in [0, 0.1) is 6.92 Å². The molecule has 0 fully saturated rings. The molecule has 0 radical (unpaired) electrons. The summed E-state index contributed by atoms with van der Waals surface area (Å²) in [4.78, 5) is 4.30. The molecule has 0 saturated carbocycles. The van der Waals surface area contributed by atoms with Crippen LogP contribution in [0.1, 0.15) is 16.8 Å². The minimum Gasteiger partial charge on any atom is -0.488 e. The summed E-state index contributed by atoms with van der Waals surface area (Å²) < 4.78 is 6.86. The van der Waals surface area contributed by atoms with E-state index in [1.165, 1.54) is 11.3 Å². The normalized spacial score (nSPS) is 11.1. The summed E-state index contributed by atoms with van der Waals surface area (Å²) in [6, 6.07) is 11.1. The summed E-state index contributed by atoms with van der Waals surface area (Å²) in [6.07, 6.45) is 1.69. The highest BCUT2D eigenvalue weighted by Gasteiger charge is 2.06. The lowest BCUT2D eigenvalue weighted by Gasteiger charge is -2.11. The molecule has 0 bridgehead atoms. The number of hydrazone groups is 1. The molecule has 1 heterocycles. The Kier molecular flexibility index (Phi) is 6.53. The third kappa shape index (κ3) is 5.20. The maximum absolute atomic E-state index is 6.20. The molecule has 0 unspecified atom stereocenters. The van der Waals surface area contributed by atoms with E-state index in [-0.39, 0.29) is 0 Å². The van der Waals surface area contributed by atoms with Gasteiger partial charge in [0.25, 0.3) is 0 Å². The van der Waals surface area contributed by atoms with E-state index in [0.29, 0.717) is 22.4 Å². The standard InChI is InChI=1S/C18H14BrCl2N3OS/c1-11-10-26-18(23-11)24-22-8-13-6-14(19)3-5-17(13)25-9-12-2-4-15(20)7-16(12)21/h2-8,10H,9H2,1H3,(H,23,24). The highest BCUT2D eigenvalue weighted by molar-refractivity contribution is 9.10. The number of benzene rings is 2. The number of halogens is 3. The molecule has 4 nitrogen and oxygen atoms in total. The molecule has 3 aromatic rings. The number of aryl methyl sites for hydroxylation is 1. The van der Waals surface area contributed by atoms with Crippen LogP contribution < -0.4 is 10.2 Å². The maximum atomic E-state index is 6.20. The fourth-order valence-electron chi connectivity index (χ4n) is 2.11. The smallest absolute Gasteiger partial charge is 0.203 e. The van der Waals surface area contributed by atoms with E-state index in [1.807, 2.05) is 36.6 Å². The molecule has 0 spiro atoms. The van der Waals surface area contributed by atoms with Gasteiger partial charge in [0.05, 0.1) is 11.9 Å². The summed E-state index contributed by atoms with van der Waals surface area (Å²) in [6.45, 7) is 2.27. The molecule has 3 rings (SSSR count). The quantitative estimate of drug-likeness (QED) is 0.328. The third-order valence-electron chi connectivity index (χ3n) is 3.35. The highest BCUT2D eigenvalue weighted by Crippen LogP contribution is 2.26. The van der Waals surface area contributed by atoms with Gasteiger partial charge in [0.2, 0.25) is 5.13 Å². The van der Waals surface area contributed by atoms with Crippen molar-refractivity contribution in [3.05, 3.63) is 73.1 Å². The van der Waals surface area contributed by atoms with Crippen LogP contribution in [-0.4, -0.2) is 11.2 Å². The number of thiazole rings is 1. The largest absolute Gasteiger partial charge is 0.488 e. The van der Waals surface area contributed by atoms with Crippen molar-refractivity contribution in [2.24, 2.45) is 5.10 Å². The molecule has 0 aliphatic heterocycles. The highest BCUT2D eigenvalue weighted by atomic mass is 79.9. The Labute approximate surface area is 174 Å². The van der Waals surface area contributed by atoms with Crippen molar-refractivity contribution in [2.75, 3.05) is 5.43 Å². The van der Waals surface area contributed by atoms with Crippen molar-refractivity contribution in [1.82, 2.24) is 4.98 Å². The van der Waals surface area contributed by atoms with Gasteiger partial charge in [-0.05, 0) is 37.3 Å². The van der Waals surface area contributed by atoms with Gasteiger partial charge in [-0.3, -0.25) is 5.43 Å². The number of nitrogens with one attached hydrogen (secondary N) is 1. The van der Waals surface area contributed by atoms with Crippen LogP contribution in [0.4, 0.5) is 5.13 Å². The topological polar surface area (TPSA) is 46.5 Å². The number of nitrogens with zero attached hydrogens (tertiary/aromatic N) is 2. The van der Waals surface area contributed by atoms with Crippen molar-refractivity contribution >= 4 is 61.8 Å². The summed E-state index contributed by atoms with van der Waals surface area (Å²) in [7, 11) is 0. The first kappa shape index (κ1) is 19.2. The van der Waals surface area contributed by atoms with E-state index in [1.54, 1.807) is 18.3 Å². The van der Waals surface area contributed by atoms with Gasteiger partial charge in [-0.2, -0.15) is 5.10 Å². The van der Waals surface area contributed by atoms with Crippen LogP contribution in [0.2, 0.25) is 10.0 Å². The Morgan fingerprint density at radius 3 is 2.85 bits per heavy atom. The lowest BCUT2D eigenvalue weighted by molar-refractivity contribution is 0.306. The monoisotopic (exact) mass is 469 g/mol. The molecule has 26 heavy (non-hydrogen) atoms. The van der Waals surface area contributed by atoms with E-state index >= 15 is 0 Å². The van der Waals surface area contributed by atoms with Crippen LogP contribution in [0.5, 0.6) is 5.75 Å². The van der Waals surface area contributed by atoms with Gasteiger partial charge >= 0.3 is 0 Å². The van der Waals surface area contributed by atoms with Crippen molar-refractivity contribution in [3.8, 4) is 5.75 Å². The molecule has 2 aromatic carbocycles. The molecule has 8 heteroatoms. The number of ether oxygens (including phenoxy) is 1. The lowest BCUT2D eigenvalue weighted by atomic mass is 10.2. The summed E-state index contributed by atoms with van der Waals surface area (Å²) in [5.41, 5.74) is 5.56. The van der Waals surface area contributed by atoms with Crippen LogP contribution in [-0.2, 0) is 6.61 Å². The fraction of sp³-hybridized carbons (Fsp3) is 0.111. The Hall–Kier alpha value is -1.60. The van der Waals surface area contributed by atoms with Crippen molar-refractivity contribution in [1.29, 1.82) is 0 Å². The molecule has 0 amide bonds. The van der Waals surface area contributed by atoms with E-state index in [2.05, 4.69) is 31.4 Å². The van der Waals surface area contributed by atoms with Gasteiger partial charge in [0.15, 0.2) is 0 Å². The fourth-order valence-corrected chi connectivity index (χ4v) is 3.59. The minimum absolute atomic E-state index is 0.331. The van der Waals surface area contributed by atoms with Crippen LogP contribution in [0.3, 0.4) is 0 Å². The van der Waals surface area contributed by atoms with Gasteiger partial charge in [-0.1, -0.05) is 45.2 Å². The van der Waals surface area contributed by atoms with Crippen LogP contribution in [0.15, 0.2) is 51.4 Å². The predicted molar refractivity (Wildman–Crippen MR) is 113 cm³/mol. The second kappa shape index (κ2) is 8.86. The van der Waals surface area contributed by atoms with Gasteiger partial charge in [0, 0.05) is 31.0 Å².